The van der Waals surface area contributed by atoms with Gasteiger partial charge in [-0.15, -0.1) is 0 Å². The molecule has 2 aliphatic carbocycles. The first-order valence-corrected chi connectivity index (χ1v) is 22.1. The second kappa shape index (κ2) is 14.9. The molecule has 0 amide bonds. The highest BCUT2D eigenvalue weighted by Crippen LogP contribution is 2.56. The summed E-state index contributed by atoms with van der Waals surface area (Å²) in [4.78, 5) is 2.44. The average molecular weight is 796 g/mol. The molecule has 0 bridgehead atoms. The van der Waals surface area contributed by atoms with Crippen molar-refractivity contribution >= 4 is 39.0 Å². The van der Waals surface area contributed by atoms with Gasteiger partial charge < -0.3 is 9.32 Å². The molecule has 0 saturated heterocycles. The Balaban J connectivity index is 1.03. The fraction of sp³-hybridized carbons (Fsp3) is 0.100. The minimum absolute atomic E-state index is 0.116. The fourth-order valence-electron chi connectivity index (χ4n) is 10.9. The van der Waals surface area contributed by atoms with Gasteiger partial charge in [0.1, 0.15) is 11.2 Å². The Bertz CT molecular complexity index is 3280. The van der Waals surface area contributed by atoms with E-state index in [1.165, 1.54) is 93.3 Å². The van der Waals surface area contributed by atoms with Gasteiger partial charge in [0.15, 0.2) is 0 Å². The first-order chi connectivity index (χ1) is 30.7. The maximum absolute atomic E-state index is 6.52. The summed E-state index contributed by atoms with van der Waals surface area (Å²) in [6.45, 7) is 0. The standard InChI is InChI=1S/C60H45NO/c1-3-18-42(19-4-1)45-20-5-6-21-46(45)47-22-7-8-23-48(47)51-25-10-13-28-55(51)61(56-29-17-31-58-59(56)52-26-11-14-30-57(52)62-58)44-35-32-41(33-36-44)43-34-37-50-49-24-9-12-27-53(49)60(54(50)40-43)38-15-2-16-39-60/h1,3-14,17-37,40H,2,15-16,38-39H2. The first kappa shape index (κ1) is 36.4. The number of furan rings is 1. The fourth-order valence-corrected chi connectivity index (χ4v) is 10.9. The zero-order valence-electron chi connectivity index (χ0n) is 34.6. The number of fused-ring (bicyclic) bond motifs is 8. The van der Waals surface area contributed by atoms with Crippen LogP contribution in [0.2, 0.25) is 0 Å². The molecule has 1 aromatic heterocycles. The molecule has 296 valence electrons. The highest BCUT2D eigenvalue weighted by molar-refractivity contribution is 6.14. The van der Waals surface area contributed by atoms with Crippen LogP contribution in [0, 0.1) is 0 Å². The Labute approximate surface area is 363 Å². The number of hydrogen-bond acceptors (Lipinski definition) is 2. The molecule has 1 fully saturated rings. The topological polar surface area (TPSA) is 16.4 Å². The molecule has 62 heavy (non-hydrogen) atoms. The van der Waals surface area contributed by atoms with Crippen molar-refractivity contribution in [1.82, 2.24) is 0 Å². The lowest BCUT2D eigenvalue weighted by Gasteiger charge is -2.36. The van der Waals surface area contributed by atoms with Gasteiger partial charge in [0.25, 0.3) is 0 Å². The summed E-state index contributed by atoms with van der Waals surface area (Å²) in [7, 11) is 0. The van der Waals surface area contributed by atoms with Crippen LogP contribution in [0.3, 0.4) is 0 Å². The highest BCUT2D eigenvalue weighted by atomic mass is 16.3. The zero-order chi connectivity index (χ0) is 41.0. The second-order valence-corrected chi connectivity index (χ2v) is 17.1. The molecule has 9 aromatic carbocycles. The molecular formula is C60H45NO. The van der Waals surface area contributed by atoms with Gasteiger partial charge in [-0.2, -0.15) is 0 Å². The van der Waals surface area contributed by atoms with Crippen LogP contribution in [0.25, 0.3) is 77.6 Å². The molecule has 2 aliphatic rings. The predicted molar refractivity (Wildman–Crippen MR) is 259 cm³/mol. The summed E-state index contributed by atoms with van der Waals surface area (Å²) in [6, 6.07) is 77.8. The van der Waals surface area contributed by atoms with Gasteiger partial charge in [0.05, 0.1) is 16.8 Å². The van der Waals surface area contributed by atoms with E-state index in [1.807, 2.05) is 6.07 Å². The third kappa shape index (κ3) is 5.85. The molecule has 2 heteroatoms. The van der Waals surface area contributed by atoms with E-state index in [9.17, 15) is 0 Å². The lowest BCUT2D eigenvalue weighted by atomic mass is 9.67. The van der Waals surface area contributed by atoms with Gasteiger partial charge in [0.2, 0.25) is 0 Å². The largest absolute Gasteiger partial charge is 0.456 e. The Morgan fingerprint density at radius 2 is 0.919 bits per heavy atom. The Kier molecular flexibility index (Phi) is 8.78. The van der Waals surface area contributed by atoms with Crippen LogP contribution in [0.4, 0.5) is 17.1 Å². The van der Waals surface area contributed by atoms with Gasteiger partial charge in [-0.05, 0) is 117 Å². The second-order valence-electron chi connectivity index (χ2n) is 17.1. The van der Waals surface area contributed by atoms with E-state index in [0.717, 1.165) is 44.6 Å². The Morgan fingerprint density at radius 3 is 1.71 bits per heavy atom. The number of para-hydroxylation sites is 2. The van der Waals surface area contributed by atoms with Crippen molar-refractivity contribution in [2.45, 2.75) is 37.5 Å². The molecule has 0 atom stereocenters. The van der Waals surface area contributed by atoms with Crippen molar-refractivity contribution in [3.63, 3.8) is 0 Å². The summed E-state index contributed by atoms with van der Waals surface area (Å²) < 4.78 is 6.52. The lowest BCUT2D eigenvalue weighted by molar-refractivity contribution is 0.353. The molecule has 0 aliphatic heterocycles. The van der Waals surface area contributed by atoms with Crippen LogP contribution in [-0.2, 0) is 5.41 Å². The maximum atomic E-state index is 6.52. The Hall–Kier alpha value is -7.42. The average Bonchev–Trinajstić information content (AvgIpc) is 3.86. The number of hydrogen-bond donors (Lipinski definition) is 0. The van der Waals surface area contributed by atoms with Crippen molar-refractivity contribution in [3.8, 4) is 55.6 Å². The molecular weight excluding hydrogens is 751 g/mol. The van der Waals surface area contributed by atoms with Crippen LogP contribution < -0.4 is 4.90 Å². The van der Waals surface area contributed by atoms with Gasteiger partial charge in [0, 0.05) is 22.1 Å². The van der Waals surface area contributed by atoms with E-state index in [1.54, 1.807) is 0 Å². The first-order valence-electron chi connectivity index (χ1n) is 22.1. The van der Waals surface area contributed by atoms with E-state index < -0.39 is 0 Å². The van der Waals surface area contributed by atoms with Crippen molar-refractivity contribution in [2.24, 2.45) is 0 Å². The molecule has 1 saturated carbocycles. The third-order valence-corrected chi connectivity index (χ3v) is 13.7. The van der Waals surface area contributed by atoms with Gasteiger partial charge in [-0.25, -0.2) is 0 Å². The van der Waals surface area contributed by atoms with Crippen LogP contribution in [0.15, 0.2) is 217 Å². The van der Waals surface area contributed by atoms with Crippen LogP contribution in [0.5, 0.6) is 0 Å². The van der Waals surface area contributed by atoms with Crippen molar-refractivity contribution in [1.29, 1.82) is 0 Å². The molecule has 1 spiro atoms. The lowest BCUT2D eigenvalue weighted by Crippen LogP contribution is -2.28. The normalized spacial score (nSPS) is 13.9. The summed E-state index contributed by atoms with van der Waals surface area (Å²) in [5, 5.41) is 2.20. The molecule has 0 unspecified atom stereocenters. The van der Waals surface area contributed by atoms with Crippen molar-refractivity contribution in [3.05, 3.63) is 223 Å². The zero-order valence-corrected chi connectivity index (χ0v) is 34.6. The van der Waals surface area contributed by atoms with E-state index in [4.69, 9.17) is 4.42 Å². The quantitative estimate of drug-likeness (QED) is 0.160. The summed E-state index contributed by atoms with van der Waals surface area (Å²) in [6.07, 6.45) is 6.35. The molecule has 10 aromatic rings. The molecule has 0 N–H and O–H groups in total. The SMILES string of the molecule is c1ccc(-c2ccccc2-c2ccccc2-c2ccccc2N(c2ccc(-c3ccc4c(c3)C3(CCCCC3)c3ccccc3-4)cc2)c2cccc3oc4ccccc4c23)cc1. The van der Waals surface area contributed by atoms with Crippen molar-refractivity contribution < 1.29 is 4.42 Å². The van der Waals surface area contributed by atoms with Gasteiger partial charge in [-0.3, -0.25) is 0 Å². The number of nitrogens with zero attached hydrogens (tertiary/aromatic N) is 1. The Morgan fingerprint density at radius 1 is 0.355 bits per heavy atom. The summed E-state index contributed by atoms with van der Waals surface area (Å²) in [5.74, 6) is 0. The summed E-state index contributed by atoms with van der Waals surface area (Å²) in [5.41, 5.74) is 20.6. The van der Waals surface area contributed by atoms with Gasteiger partial charge in [-0.1, -0.05) is 189 Å². The van der Waals surface area contributed by atoms with Crippen LogP contribution in [-0.4, -0.2) is 0 Å². The predicted octanol–water partition coefficient (Wildman–Crippen LogP) is 17.0. The smallest absolute Gasteiger partial charge is 0.137 e. The summed E-state index contributed by atoms with van der Waals surface area (Å²) >= 11 is 0. The van der Waals surface area contributed by atoms with E-state index in [2.05, 4.69) is 211 Å². The van der Waals surface area contributed by atoms with Crippen molar-refractivity contribution in [2.75, 3.05) is 4.90 Å². The van der Waals surface area contributed by atoms with E-state index >= 15 is 0 Å². The maximum Gasteiger partial charge on any atom is 0.137 e. The van der Waals surface area contributed by atoms with Gasteiger partial charge >= 0.3 is 0 Å². The number of rotatable bonds is 7. The monoisotopic (exact) mass is 795 g/mol. The van der Waals surface area contributed by atoms with Crippen LogP contribution >= 0.6 is 0 Å². The molecule has 12 rings (SSSR count). The molecule has 2 nitrogen and oxygen atoms in total. The minimum Gasteiger partial charge on any atom is -0.456 e. The van der Waals surface area contributed by atoms with E-state index in [-0.39, 0.29) is 5.41 Å². The third-order valence-electron chi connectivity index (χ3n) is 13.7. The molecule has 1 heterocycles. The number of benzene rings is 9. The minimum atomic E-state index is 0.116. The molecule has 0 radical (unpaired) electrons. The van der Waals surface area contributed by atoms with E-state index in [0.29, 0.717) is 0 Å². The number of anilines is 3. The highest BCUT2D eigenvalue weighted by Gasteiger charge is 2.43. The van der Waals surface area contributed by atoms with Crippen LogP contribution in [0.1, 0.15) is 43.2 Å².